The van der Waals surface area contributed by atoms with Crippen molar-refractivity contribution < 1.29 is 9.90 Å². The van der Waals surface area contributed by atoms with E-state index in [0.717, 1.165) is 11.3 Å². The van der Waals surface area contributed by atoms with Crippen molar-refractivity contribution in [1.29, 1.82) is 0 Å². The third kappa shape index (κ3) is 5.15. The second-order valence-electron chi connectivity index (χ2n) is 7.15. The molecule has 3 rings (SSSR count). The number of carbonyl (C=O) groups is 1. The van der Waals surface area contributed by atoms with Gasteiger partial charge < -0.3 is 21.1 Å². The molecule has 5 heteroatoms. The minimum Gasteiger partial charge on any atom is -0.397 e. The minimum atomic E-state index is -0.198. The van der Waals surface area contributed by atoms with Gasteiger partial charge >= 0.3 is 0 Å². The van der Waals surface area contributed by atoms with E-state index in [2.05, 4.69) is 42.3 Å². The van der Waals surface area contributed by atoms with Crippen molar-refractivity contribution in [3.05, 3.63) is 89.0 Å². The Hall–Kier alpha value is -3.31. The number of aliphatic hydroxyl groups excluding tert-OH is 1. The van der Waals surface area contributed by atoms with Crippen molar-refractivity contribution in [2.45, 2.75) is 20.4 Å². The Bertz CT molecular complexity index is 984. The maximum Gasteiger partial charge on any atom is 0.255 e. The highest BCUT2D eigenvalue weighted by molar-refractivity contribution is 6.05. The highest BCUT2D eigenvalue weighted by Crippen LogP contribution is 2.22. The van der Waals surface area contributed by atoms with Crippen LogP contribution in [0, 0.1) is 13.8 Å². The molecule has 0 aliphatic rings. The highest BCUT2D eigenvalue weighted by Gasteiger charge is 2.11. The zero-order valence-corrected chi connectivity index (χ0v) is 16.9. The lowest BCUT2D eigenvalue weighted by atomic mass is 10.1. The van der Waals surface area contributed by atoms with Gasteiger partial charge in [-0.25, -0.2) is 0 Å². The number of para-hydroxylation sites is 2. The number of anilines is 3. The van der Waals surface area contributed by atoms with Crippen LogP contribution in [0.1, 0.15) is 27.0 Å². The minimum absolute atomic E-state index is 0.0753. The van der Waals surface area contributed by atoms with Crippen molar-refractivity contribution in [1.82, 2.24) is 0 Å². The summed E-state index contributed by atoms with van der Waals surface area (Å²) in [7, 11) is 0. The lowest BCUT2D eigenvalue weighted by Crippen LogP contribution is -2.26. The number of hydrogen-bond acceptors (Lipinski definition) is 4. The molecule has 0 fully saturated rings. The van der Waals surface area contributed by atoms with Gasteiger partial charge in [0.1, 0.15) is 0 Å². The van der Waals surface area contributed by atoms with Crippen molar-refractivity contribution in [3.8, 4) is 0 Å². The van der Waals surface area contributed by atoms with Gasteiger partial charge in [0.25, 0.3) is 5.91 Å². The van der Waals surface area contributed by atoms with Crippen LogP contribution in [0.25, 0.3) is 0 Å². The molecule has 150 valence electrons. The van der Waals surface area contributed by atoms with Crippen LogP contribution in [0.15, 0.2) is 66.7 Å². The first-order valence-electron chi connectivity index (χ1n) is 9.66. The molecule has 0 heterocycles. The summed E-state index contributed by atoms with van der Waals surface area (Å²) in [6, 6.07) is 21.0. The number of aryl methyl sites for hydroxylation is 2. The fraction of sp³-hybridized carbons (Fsp3) is 0.208. The van der Waals surface area contributed by atoms with E-state index in [-0.39, 0.29) is 12.5 Å². The molecule has 1 amide bonds. The van der Waals surface area contributed by atoms with Crippen LogP contribution in [-0.4, -0.2) is 24.2 Å². The normalized spacial score (nSPS) is 10.6. The molecule has 0 bridgehead atoms. The van der Waals surface area contributed by atoms with Gasteiger partial charge in [-0.1, -0.05) is 30.3 Å². The molecule has 0 aliphatic heterocycles. The SMILES string of the molecule is Cc1ccc(N(CCO)Cc2ccc(C(=O)Nc3ccccc3N)cc2)cc1C. The lowest BCUT2D eigenvalue weighted by Gasteiger charge is -2.25. The van der Waals surface area contributed by atoms with Gasteiger partial charge in [0, 0.05) is 24.3 Å². The summed E-state index contributed by atoms with van der Waals surface area (Å²) in [5, 5.41) is 12.3. The molecule has 3 aromatic rings. The number of hydrogen-bond donors (Lipinski definition) is 3. The maximum absolute atomic E-state index is 12.5. The fourth-order valence-corrected chi connectivity index (χ4v) is 3.13. The first-order chi connectivity index (χ1) is 14.0. The second-order valence-corrected chi connectivity index (χ2v) is 7.15. The number of nitrogens with zero attached hydrogens (tertiary/aromatic N) is 1. The molecule has 0 saturated heterocycles. The van der Waals surface area contributed by atoms with E-state index in [1.165, 1.54) is 11.1 Å². The summed E-state index contributed by atoms with van der Waals surface area (Å²) >= 11 is 0. The topological polar surface area (TPSA) is 78.6 Å². The molecule has 0 aliphatic carbocycles. The summed E-state index contributed by atoms with van der Waals surface area (Å²) in [5.74, 6) is -0.198. The van der Waals surface area contributed by atoms with E-state index in [9.17, 15) is 9.90 Å². The van der Waals surface area contributed by atoms with Gasteiger partial charge in [0.2, 0.25) is 0 Å². The molecular weight excluding hydrogens is 362 g/mol. The monoisotopic (exact) mass is 389 g/mol. The van der Waals surface area contributed by atoms with Gasteiger partial charge in [-0.2, -0.15) is 0 Å². The zero-order chi connectivity index (χ0) is 20.8. The van der Waals surface area contributed by atoms with Crippen LogP contribution in [0.2, 0.25) is 0 Å². The van der Waals surface area contributed by atoms with E-state index in [1.807, 2.05) is 24.3 Å². The fourth-order valence-electron chi connectivity index (χ4n) is 3.13. The van der Waals surface area contributed by atoms with E-state index < -0.39 is 0 Å². The molecular formula is C24H27N3O2. The average molecular weight is 389 g/mol. The number of amides is 1. The van der Waals surface area contributed by atoms with Gasteiger partial charge in [-0.15, -0.1) is 0 Å². The molecule has 5 nitrogen and oxygen atoms in total. The third-order valence-corrected chi connectivity index (χ3v) is 5.02. The van der Waals surface area contributed by atoms with Crippen LogP contribution in [0.5, 0.6) is 0 Å². The number of nitrogens with two attached hydrogens (primary N) is 1. The third-order valence-electron chi connectivity index (χ3n) is 5.02. The summed E-state index contributed by atoms with van der Waals surface area (Å²) in [4.78, 5) is 14.6. The Labute approximate surface area is 171 Å². The van der Waals surface area contributed by atoms with Gasteiger partial charge in [0.05, 0.1) is 18.0 Å². The van der Waals surface area contributed by atoms with Crippen LogP contribution < -0.4 is 16.0 Å². The summed E-state index contributed by atoms with van der Waals surface area (Å²) < 4.78 is 0. The number of nitrogen functional groups attached to an aromatic ring is 1. The summed E-state index contributed by atoms with van der Waals surface area (Å²) in [6.45, 7) is 5.44. The number of nitrogens with one attached hydrogen (secondary N) is 1. The Morgan fingerprint density at radius 2 is 1.72 bits per heavy atom. The van der Waals surface area contributed by atoms with Crippen LogP contribution in [-0.2, 0) is 6.54 Å². The van der Waals surface area contributed by atoms with Crippen LogP contribution in [0.3, 0.4) is 0 Å². The molecule has 0 unspecified atom stereocenters. The molecule has 0 atom stereocenters. The van der Waals surface area contributed by atoms with Gasteiger partial charge in [-0.3, -0.25) is 4.79 Å². The van der Waals surface area contributed by atoms with E-state index in [1.54, 1.807) is 24.3 Å². The molecule has 0 spiro atoms. The van der Waals surface area contributed by atoms with Crippen molar-refractivity contribution in [3.63, 3.8) is 0 Å². The van der Waals surface area contributed by atoms with Crippen molar-refractivity contribution in [2.75, 3.05) is 29.1 Å². The number of carbonyl (C=O) groups excluding carboxylic acids is 1. The molecule has 0 saturated carbocycles. The highest BCUT2D eigenvalue weighted by atomic mass is 16.3. The molecule has 4 N–H and O–H groups in total. The smallest absolute Gasteiger partial charge is 0.255 e. The standard InChI is InChI=1S/C24H27N3O2/c1-17-7-12-21(15-18(17)2)27(13-14-28)16-19-8-10-20(11-9-19)24(29)26-23-6-4-3-5-22(23)25/h3-12,15,28H,13-14,16,25H2,1-2H3,(H,26,29). The quantitative estimate of drug-likeness (QED) is 0.531. The van der Waals surface area contributed by atoms with Crippen molar-refractivity contribution >= 4 is 23.0 Å². The van der Waals surface area contributed by atoms with Gasteiger partial charge in [0.15, 0.2) is 0 Å². The first kappa shape index (κ1) is 20.4. The molecule has 29 heavy (non-hydrogen) atoms. The molecule has 0 aromatic heterocycles. The molecule has 0 radical (unpaired) electrons. The Kier molecular flexibility index (Phi) is 6.52. The largest absolute Gasteiger partial charge is 0.397 e. The number of aliphatic hydroxyl groups is 1. The van der Waals surface area contributed by atoms with Crippen LogP contribution in [0.4, 0.5) is 17.1 Å². The zero-order valence-electron chi connectivity index (χ0n) is 16.9. The van der Waals surface area contributed by atoms with Gasteiger partial charge in [-0.05, 0) is 66.9 Å². The Morgan fingerprint density at radius 3 is 2.38 bits per heavy atom. The summed E-state index contributed by atoms with van der Waals surface area (Å²) in [6.07, 6.45) is 0. The van der Waals surface area contributed by atoms with E-state index in [4.69, 9.17) is 5.73 Å². The van der Waals surface area contributed by atoms with Crippen molar-refractivity contribution in [2.24, 2.45) is 0 Å². The summed E-state index contributed by atoms with van der Waals surface area (Å²) in [5.41, 5.74) is 12.2. The lowest BCUT2D eigenvalue weighted by molar-refractivity contribution is 0.102. The maximum atomic E-state index is 12.5. The predicted octanol–water partition coefficient (Wildman–Crippen LogP) is 4.14. The number of rotatable bonds is 7. The molecule has 3 aromatic carbocycles. The Morgan fingerprint density at radius 1 is 1.00 bits per heavy atom. The first-order valence-corrected chi connectivity index (χ1v) is 9.66. The van der Waals surface area contributed by atoms with E-state index >= 15 is 0 Å². The number of benzene rings is 3. The second kappa shape index (κ2) is 9.26. The van der Waals surface area contributed by atoms with Crippen LogP contribution >= 0.6 is 0 Å². The predicted molar refractivity (Wildman–Crippen MR) is 119 cm³/mol. The average Bonchev–Trinajstić information content (AvgIpc) is 2.72. The van der Waals surface area contributed by atoms with E-state index in [0.29, 0.717) is 30.0 Å². The Balaban J connectivity index is 1.71.